The van der Waals surface area contributed by atoms with E-state index in [1.807, 2.05) is 54.5 Å². The second kappa shape index (κ2) is 40.0. The predicted octanol–water partition coefficient (Wildman–Crippen LogP) is 11.5. The van der Waals surface area contributed by atoms with Crippen LogP contribution in [0, 0.1) is 0 Å². The molecule has 0 unspecified atom stereocenters. The van der Waals surface area contributed by atoms with Crippen LogP contribution in [-0.2, 0) is 52.0 Å². The molecule has 629 valence electrons. The van der Waals surface area contributed by atoms with Gasteiger partial charge in [0.05, 0.1) is 69.8 Å². The zero-order valence-electron chi connectivity index (χ0n) is 66.3. The summed E-state index contributed by atoms with van der Waals surface area (Å²) in [5.41, 5.74) is 39.9. The summed E-state index contributed by atoms with van der Waals surface area (Å²) >= 11 is 13.6. The fourth-order valence-electron chi connectivity index (χ4n) is 16.2. The SMILES string of the molecule is CC1(C)OB(C2=CCC3(CC2)OCCO3)OC1(C)C.CO.CO.Cl.Nc1ncnn2c(Br)ccc12.Nc1ncnn2c(C3=CCC4(CC3)OCCO4)ccc12.Nc1ncnn2c(C3CCC(=O)CC3)cc(Br)c12.Nc1ncnn2c(C3CCC4(CC3)OCCO4)cc(Br)c12.Nc1ncnn2c(C3CCC4(CC3)OCCO4)ccc12.[B]=NS. The minimum absolute atomic E-state index is 0. The van der Waals surface area contributed by atoms with Gasteiger partial charge in [0, 0.05) is 122 Å². The van der Waals surface area contributed by atoms with Crippen LogP contribution in [0.1, 0.15) is 184 Å². The number of Topliss-reactive ketones (excluding diaryl/α,β-unsaturated/α-hetero) is 1. The Hall–Kier alpha value is -7.22. The van der Waals surface area contributed by atoms with Crippen LogP contribution in [0.3, 0.4) is 0 Å². The van der Waals surface area contributed by atoms with E-state index < -0.39 is 0 Å². The summed E-state index contributed by atoms with van der Waals surface area (Å²) in [5.74, 6) is 2.75. The number of rotatable bonds is 5. The molecule has 0 atom stereocenters. The molecule has 34 nitrogen and oxygen atoms in total. The molecule has 0 bridgehead atoms. The van der Waals surface area contributed by atoms with Crippen molar-refractivity contribution in [1.29, 1.82) is 0 Å². The van der Waals surface area contributed by atoms with Gasteiger partial charge in [0.2, 0.25) is 0 Å². The molecule has 3 saturated carbocycles. The van der Waals surface area contributed by atoms with Crippen molar-refractivity contribution in [2.24, 2.45) is 4.30 Å². The average molecular weight is 1850 g/mol. The molecule has 10 aliphatic rings. The first-order valence-corrected chi connectivity index (χ1v) is 41.5. The van der Waals surface area contributed by atoms with Crippen molar-refractivity contribution in [2.45, 2.75) is 195 Å². The molecule has 5 saturated heterocycles. The zero-order valence-corrected chi connectivity index (χ0v) is 72.8. The van der Waals surface area contributed by atoms with Crippen LogP contribution in [0.2, 0.25) is 0 Å². The molecule has 5 aliphatic carbocycles. The first-order valence-electron chi connectivity index (χ1n) is 38.7. The number of hydrogen-bond donors (Lipinski definition) is 8. The third-order valence-electron chi connectivity index (χ3n) is 22.9. The van der Waals surface area contributed by atoms with Crippen molar-refractivity contribution in [3.63, 3.8) is 0 Å². The Morgan fingerprint density at radius 2 is 0.821 bits per heavy atom. The van der Waals surface area contributed by atoms with E-state index in [4.69, 9.17) is 86.1 Å². The maximum atomic E-state index is 11.3. The van der Waals surface area contributed by atoms with Crippen LogP contribution in [0.25, 0.3) is 33.2 Å². The van der Waals surface area contributed by atoms with E-state index in [0.717, 1.165) is 183 Å². The summed E-state index contributed by atoms with van der Waals surface area (Å²) in [6, 6.07) is 16.0. The fraction of sp³-hybridized carbons (Fsp3) is 0.539. The minimum atomic E-state index is -0.384. The topological polar surface area (TPSA) is 443 Å². The summed E-state index contributed by atoms with van der Waals surface area (Å²) in [6.07, 6.45) is 28.0. The molecule has 15 heterocycles. The molecule has 117 heavy (non-hydrogen) atoms. The Labute approximate surface area is 715 Å². The van der Waals surface area contributed by atoms with Crippen molar-refractivity contribution in [3.8, 4) is 0 Å². The Morgan fingerprint density at radius 3 is 1.25 bits per heavy atom. The van der Waals surface area contributed by atoms with Crippen LogP contribution in [0.4, 0.5) is 29.1 Å². The second-order valence-corrected chi connectivity index (χ2v) is 32.8. The van der Waals surface area contributed by atoms with E-state index in [1.54, 1.807) is 4.52 Å². The Morgan fingerprint density at radius 1 is 0.462 bits per heavy atom. The summed E-state index contributed by atoms with van der Waals surface area (Å²) in [7, 11) is 6.12. The number of aromatic nitrogens is 15. The van der Waals surface area contributed by atoms with Crippen LogP contribution in [0.5, 0.6) is 0 Å². The van der Waals surface area contributed by atoms with Crippen molar-refractivity contribution in [1.82, 2.24) is 73.0 Å². The van der Waals surface area contributed by atoms with Gasteiger partial charge in [0.15, 0.2) is 52.2 Å². The zero-order chi connectivity index (χ0) is 82.6. The molecular weight excluding hydrogens is 1740 g/mol. The first kappa shape index (κ1) is 90.5. The molecule has 0 amide bonds. The van der Waals surface area contributed by atoms with Gasteiger partial charge in [0.1, 0.15) is 69.6 Å². The molecule has 10 aromatic rings. The number of halogens is 4. The average Bonchev–Trinajstić information content (AvgIpc) is 1.62. The van der Waals surface area contributed by atoms with Gasteiger partial charge in [-0.25, -0.2) is 47.5 Å². The van der Waals surface area contributed by atoms with Gasteiger partial charge in [-0.05, 0) is 186 Å². The number of aliphatic hydroxyl groups excluding tert-OH is 2. The summed E-state index contributed by atoms with van der Waals surface area (Å²) in [4.78, 5) is 31.2. The number of nitrogen functional groups attached to an aromatic ring is 5. The Bertz CT molecular complexity index is 5040. The number of aliphatic hydroxyl groups is 2. The summed E-state index contributed by atoms with van der Waals surface area (Å²) in [6.45, 7) is 14.0. The number of allylic oxidation sites excluding steroid dienone is 2. The Kier molecular flexibility index (Phi) is 30.9. The normalized spacial score (nSPS) is 21.1. The summed E-state index contributed by atoms with van der Waals surface area (Å²) < 4.78 is 72.9. The van der Waals surface area contributed by atoms with E-state index in [2.05, 4.69) is 175 Å². The van der Waals surface area contributed by atoms with Crippen molar-refractivity contribution < 1.29 is 62.2 Å². The third kappa shape index (κ3) is 20.4. The van der Waals surface area contributed by atoms with Crippen LogP contribution in [0.15, 0.2) is 116 Å². The molecule has 5 aliphatic heterocycles. The van der Waals surface area contributed by atoms with E-state index in [1.165, 1.54) is 54.1 Å². The summed E-state index contributed by atoms with van der Waals surface area (Å²) in [5, 5.41) is 35.2. The molecule has 20 rings (SSSR count). The first-order chi connectivity index (χ1) is 55.9. The van der Waals surface area contributed by atoms with Crippen molar-refractivity contribution in [2.75, 3.05) is 95.7 Å². The number of carbonyl (C=O) groups is 1. The number of carbonyl (C=O) groups excluding carboxylic acids is 1. The van der Waals surface area contributed by atoms with E-state index in [0.29, 0.717) is 105 Å². The molecule has 0 aromatic carbocycles. The van der Waals surface area contributed by atoms with E-state index in [9.17, 15) is 4.79 Å². The number of nitrogens with zero attached hydrogens (tertiary/aromatic N) is 16. The molecule has 1 radical (unpaired) electrons. The van der Waals surface area contributed by atoms with Gasteiger partial charge in [-0.15, -0.1) is 12.4 Å². The van der Waals surface area contributed by atoms with Crippen LogP contribution >= 0.6 is 73.0 Å². The quantitative estimate of drug-likeness (QED) is 0.0586. The van der Waals surface area contributed by atoms with Crippen molar-refractivity contribution in [3.05, 3.63) is 134 Å². The number of nitrogens with two attached hydrogens (primary N) is 5. The van der Waals surface area contributed by atoms with Gasteiger partial charge >= 0.3 is 31.9 Å². The maximum absolute atomic E-state index is 11.3. The second-order valence-electron chi connectivity index (χ2n) is 30.0. The number of thiol groups is 1. The van der Waals surface area contributed by atoms with E-state index >= 15 is 0 Å². The molecule has 12 N–H and O–H groups in total. The molecular formula is C76H102B2Br3ClN21O13S. The van der Waals surface area contributed by atoms with Crippen LogP contribution < -0.4 is 28.7 Å². The van der Waals surface area contributed by atoms with Gasteiger partial charge < -0.3 is 86.1 Å². The molecule has 8 fully saturated rings. The number of ketones is 1. The Balaban J connectivity index is 0.000000136. The standard InChI is InChI=1S/C14H23BO4.C14H17BrN4O2.C14H18N4O2.C14H16N4O2.C12H13BrN4O.C6H5BrN4.2CH4O.BHNS.ClH/c1-12(2)13(3,4)19-15(18-12)11-5-7-14(8-6-11)16-9-10-17-14;15-10-7-11(19-12(10)13(16)17-8-18-19)9-1-3-14(4-2-9)20-5-6-21-14;2*15-13-12-2-1-11(18(12)17-9-16-13)10-3-5-14(6-4-10)19-7-8-20-14;13-9-5-10(7-1-3-8(18)4-2-7)17-11(9)12(14)15-6-16-17;7-5-2-1-4-6(8)9-3-10-11(4)5;2*1-2;1-2-3;/h5H,6-10H2,1-4H3;7-9H,1-6H2,(H2,16,17,18);1-2,9-10H,3-8H2,(H2,15,16,17);1-3,9H,4-8H2,(H2,15,16,17);5-7H,1-4H2,(H2,14,15,16);1-3H,(H2,8,9,10);2*2H,1H3;3H;1H. The van der Waals surface area contributed by atoms with Gasteiger partial charge in [-0.2, -0.15) is 25.5 Å². The van der Waals surface area contributed by atoms with Gasteiger partial charge in [0.25, 0.3) is 0 Å². The third-order valence-corrected chi connectivity index (χ3v) is 24.7. The van der Waals surface area contributed by atoms with Gasteiger partial charge in [-0.1, -0.05) is 12.2 Å². The monoisotopic (exact) mass is 1840 g/mol. The molecule has 4 spiro atoms. The number of fused-ring (bicyclic) bond motifs is 5. The molecule has 41 heteroatoms. The number of ether oxygens (including phenoxy) is 8. The van der Waals surface area contributed by atoms with Crippen LogP contribution in [-0.4, -0.2) is 205 Å². The number of hydrogen-bond acceptors (Lipinski definition) is 30. The van der Waals surface area contributed by atoms with Gasteiger partial charge in [-0.3, -0.25) is 4.79 Å². The number of anilines is 5. The predicted molar refractivity (Wildman–Crippen MR) is 458 cm³/mol. The fourth-order valence-corrected chi connectivity index (χ4v) is 17.8. The molecule has 10 aromatic heterocycles. The van der Waals surface area contributed by atoms with E-state index in [-0.39, 0.29) is 53.9 Å². The van der Waals surface area contributed by atoms with Crippen molar-refractivity contribution >= 4 is 156 Å².